The monoisotopic (exact) mass is 309 g/mol. The molecule has 4 heteroatoms. The van der Waals surface area contributed by atoms with E-state index in [0.29, 0.717) is 18.2 Å². The molecule has 3 nitrogen and oxygen atoms in total. The molecule has 2 aliphatic rings. The number of hydrogen-bond donors (Lipinski definition) is 1. The van der Waals surface area contributed by atoms with Crippen LogP contribution in [-0.4, -0.2) is 18.3 Å². The zero-order chi connectivity index (χ0) is 14.7. The van der Waals surface area contributed by atoms with E-state index in [4.69, 9.17) is 26.8 Å². The number of halogens is 1. The van der Waals surface area contributed by atoms with Gasteiger partial charge in [-0.3, -0.25) is 0 Å². The normalized spacial score (nSPS) is 24.4. The molecule has 1 atom stereocenters. The molecule has 2 fully saturated rings. The van der Waals surface area contributed by atoms with Crippen LogP contribution in [0.5, 0.6) is 5.75 Å². The van der Waals surface area contributed by atoms with Gasteiger partial charge in [0.05, 0.1) is 16.7 Å². The Labute approximate surface area is 131 Å². The second kappa shape index (κ2) is 6.55. The lowest BCUT2D eigenvalue weighted by Gasteiger charge is -2.33. The van der Waals surface area contributed by atoms with E-state index < -0.39 is 0 Å². The number of ether oxygens (including phenoxy) is 2. The quantitative estimate of drug-likeness (QED) is 0.912. The van der Waals surface area contributed by atoms with Gasteiger partial charge in [-0.2, -0.15) is 0 Å². The molecule has 116 valence electrons. The van der Waals surface area contributed by atoms with Crippen LogP contribution in [0.1, 0.15) is 50.5 Å². The van der Waals surface area contributed by atoms with Gasteiger partial charge in [-0.25, -0.2) is 0 Å². The average Bonchev–Trinajstić information content (AvgIpc) is 2.89. The van der Waals surface area contributed by atoms with Gasteiger partial charge in [0, 0.05) is 6.54 Å². The predicted molar refractivity (Wildman–Crippen MR) is 84.8 cm³/mol. The third kappa shape index (κ3) is 3.53. The van der Waals surface area contributed by atoms with Crippen molar-refractivity contribution in [2.75, 3.05) is 6.61 Å². The standard InChI is InChI=1S/C17H24ClNO2/c18-15-10-13(11-19)4-5-16(15)20-12-14-6-9-17(21-14)7-2-1-3-8-17/h4-5,10,14H,1-3,6-9,11-12,19H2. The van der Waals surface area contributed by atoms with Crippen LogP contribution in [0, 0.1) is 0 Å². The Morgan fingerprint density at radius 1 is 1.24 bits per heavy atom. The lowest BCUT2D eigenvalue weighted by molar-refractivity contribution is -0.0748. The summed E-state index contributed by atoms with van der Waals surface area (Å²) in [5, 5.41) is 0.628. The van der Waals surface area contributed by atoms with Crippen LogP contribution in [0.4, 0.5) is 0 Å². The van der Waals surface area contributed by atoms with E-state index in [9.17, 15) is 0 Å². The van der Waals surface area contributed by atoms with Gasteiger partial charge in [-0.05, 0) is 43.4 Å². The van der Waals surface area contributed by atoms with Crippen LogP contribution in [0.25, 0.3) is 0 Å². The highest BCUT2D eigenvalue weighted by Crippen LogP contribution is 2.42. The molecular formula is C17H24ClNO2. The fraction of sp³-hybridized carbons (Fsp3) is 0.647. The van der Waals surface area contributed by atoms with Crippen molar-refractivity contribution in [1.82, 2.24) is 0 Å². The van der Waals surface area contributed by atoms with Crippen LogP contribution in [0.15, 0.2) is 18.2 Å². The van der Waals surface area contributed by atoms with E-state index in [2.05, 4.69) is 0 Å². The highest BCUT2D eigenvalue weighted by Gasteiger charge is 2.40. The largest absolute Gasteiger partial charge is 0.489 e. The van der Waals surface area contributed by atoms with Crippen molar-refractivity contribution in [2.45, 2.75) is 63.2 Å². The Morgan fingerprint density at radius 3 is 2.76 bits per heavy atom. The summed E-state index contributed by atoms with van der Waals surface area (Å²) in [6.45, 7) is 1.08. The molecule has 21 heavy (non-hydrogen) atoms. The Bertz CT molecular complexity index is 486. The number of nitrogens with two attached hydrogens (primary N) is 1. The maximum atomic E-state index is 6.31. The first-order valence-corrected chi connectivity index (χ1v) is 8.38. The van der Waals surface area contributed by atoms with E-state index in [0.717, 1.165) is 17.7 Å². The Kier molecular flexibility index (Phi) is 4.72. The topological polar surface area (TPSA) is 44.5 Å². The van der Waals surface area contributed by atoms with Crippen molar-refractivity contribution in [3.63, 3.8) is 0 Å². The smallest absolute Gasteiger partial charge is 0.138 e. The SMILES string of the molecule is NCc1ccc(OCC2CCC3(CCCCC3)O2)c(Cl)c1. The Balaban J connectivity index is 1.54. The molecule has 0 aromatic heterocycles. The van der Waals surface area contributed by atoms with E-state index in [-0.39, 0.29) is 11.7 Å². The Morgan fingerprint density at radius 2 is 2.05 bits per heavy atom. The minimum absolute atomic E-state index is 0.152. The molecule has 1 aliphatic carbocycles. The van der Waals surface area contributed by atoms with Gasteiger partial charge in [-0.15, -0.1) is 0 Å². The van der Waals surface area contributed by atoms with Gasteiger partial charge in [0.1, 0.15) is 12.4 Å². The van der Waals surface area contributed by atoms with Gasteiger partial charge >= 0.3 is 0 Å². The van der Waals surface area contributed by atoms with Crippen molar-refractivity contribution in [3.05, 3.63) is 28.8 Å². The molecule has 1 aliphatic heterocycles. The van der Waals surface area contributed by atoms with Gasteiger partial charge in [-0.1, -0.05) is 36.9 Å². The van der Waals surface area contributed by atoms with E-state index >= 15 is 0 Å². The number of benzene rings is 1. The lowest BCUT2D eigenvalue weighted by atomic mass is 9.83. The molecule has 0 radical (unpaired) electrons. The van der Waals surface area contributed by atoms with E-state index in [1.807, 2.05) is 18.2 Å². The predicted octanol–water partition coefficient (Wildman–Crippen LogP) is 4.06. The van der Waals surface area contributed by atoms with Gasteiger partial charge in [0.25, 0.3) is 0 Å². The van der Waals surface area contributed by atoms with Crippen LogP contribution < -0.4 is 10.5 Å². The first-order chi connectivity index (χ1) is 10.2. The van der Waals surface area contributed by atoms with Gasteiger partial charge < -0.3 is 15.2 Å². The fourth-order valence-electron chi connectivity index (χ4n) is 3.55. The van der Waals surface area contributed by atoms with Crippen molar-refractivity contribution >= 4 is 11.6 Å². The maximum absolute atomic E-state index is 6.31. The molecule has 0 bridgehead atoms. The van der Waals surface area contributed by atoms with E-state index in [1.165, 1.54) is 38.5 Å². The van der Waals surface area contributed by atoms with Crippen LogP contribution >= 0.6 is 11.6 Å². The summed E-state index contributed by atoms with van der Waals surface area (Å²) in [7, 11) is 0. The summed E-state index contributed by atoms with van der Waals surface area (Å²) in [6.07, 6.45) is 8.88. The number of rotatable bonds is 4. The summed E-state index contributed by atoms with van der Waals surface area (Å²) >= 11 is 6.21. The van der Waals surface area contributed by atoms with Gasteiger partial charge in [0.2, 0.25) is 0 Å². The molecule has 1 saturated carbocycles. The highest BCUT2D eigenvalue weighted by molar-refractivity contribution is 6.32. The zero-order valence-electron chi connectivity index (χ0n) is 12.4. The molecule has 1 aromatic carbocycles. The average molecular weight is 310 g/mol. The molecule has 2 N–H and O–H groups in total. The minimum atomic E-state index is 0.152. The molecule has 3 rings (SSSR count). The summed E-state index contributed by atoms with van der Waals surface area (Å²) in [6, 6.07) is 5.73. The summed E-state index contributed by atoms with van der Waals surface area (Å²) < 4.78 is 12.2. The van der Waals surface area contributed by atoms with Crippen LogP contribution in [-0.2, 0) is 11.3 Å². The molecule has 1 spiro atoms. The van der Waals surface area contributed by atoms with Gasteiger partial charge in [0.15, 0.2) is 0 Å². The number of hydrogen-bond acceptors (Lipinski definition) is 3. The molecular weight excluding hydrogens is 286 g/mol. The molecule has 1 aromatic rings. The third-order valence-corrected chi connectivity index (χ3v) is 5.06. The fourth-order valence-corrected chi connectivity index (χ4v) is 3.81. The first-order valence-electron chi connectivity index (χ1n) is 8.00. The van der Waals surface area contributed by atoms with Crippen molar-refractivity contribution in [1.29, 1.82) is 0 Å². The maximum Gasteiger partial charge on any atom is 0.138 e. The second-order valence-corrected chi connectivity index (χ2v) is 6.71. The lowest BCUT2D eigenvalue weighted by Crippen LogP contribution is -2.32. The summed E-state index contributed by atoms with van der Waals surface area (Å²) in [4.78, 5) is 0. The van der Waals surface area contributed by atoms with Crippen molar-refractivity contribution in [3.8, 4) is 5.75 Å². The minimum Gasteiger partial charge on any atom is -0.489 e. The summed E-state index contributed by atoms with van der Waals surface area (Å²) in [5.41, 5.74) is 6.77. The molecule has 0 amide bonds. The summed E-state index contributed by atoms with van der Waals surface area (Å²) in [5.74, 6) is 0.724. The van der Waals surface area contributed by atoms with Crippen LogP contribution in [0.3, 0.4) is 0 Å². The van der Waals surface area contributed by atoms with Crippen molar-refractivity contribution < 1.29 is 9.47 Å². The third-order valence-electron chi connectivity index (χ3n) is 4.76. The Hall–Kier alpha value is -0.770. The molecule has 1 saturated heterocycles. The zero-order valence-corrected chi connectivity index (χ0v) is 13.2. The molecule has 1 unspecified atom stereocenters. The van der Waals surface area contributed by atoms with Crippen molar-refractivity contribution in [2.24, 2.45) is 5.73 Å². The molecule has 1 heterocycles. The van der Waals surface area contributed by atoms with Crippen LogP contribution in [0.2, 0.25) is 5.02 Å². The van der Waals surface area contributed by atoms with E-state index in [1.54, 1.807) is 0 Å². The highest BCUT2D eigenvalue weighted by atomic mass is 35.5. The first kappa shape index (κ1) is 15.1. The second-order valence-electron chi connectivity index (χ2n) is 6.30.